The molecule has 0 saturated heterocycles. The summed E-state index contributed by atoms with van der Waals surface area (Å²) >= 11 is 1.43. The maximum atomic E-state index is 11.1. The molecule has 0 radical (unpaired) electrons. The highest BCUT2D eigenvalue weighted by Crippen LogP contribution is 2.39. The van der Waals surface area contributed by atoms with Crippen LogP contribution in [-0.2, 0) is 6.42 Å². The molecule has 6 nitrogen and oxygen atoms in total. The largest absolute Gasteiger partial charge is 0.388 e. The number of nitrogens with one attached hydrogen (secondary N) is 1. The molecule has 7 heteroatoms. The van der Waals surface area contributed by atoms with E-state index in [0.717, 1.165) is 34.8 Å². The number of hydrogen-bond donors (Lipinski definition) is 2. The molecule has 1 aliphatic rings. The van der Waals surface area contributed by atoms with Gasteiger partial charge in [0.15, 0.2) is 0 Å². The van der Waals surface area contributed by atoms with Crippen molar-refractivity contribution in [1.29, 1.82) is 0 Å². The second kappa shape index (κ2) is 5.42. The van der Waals surface area contributed by atoms with Gasteiger partial charge in [0.25, 0.3) is 5.69 Å². The Morgan fingerprint density at radius 2 is 2.33 bits per heavy atom. The fraction of sp³-hybridized carbons (Fsp3) is 0.357. The van der Waals surface area contributed by atoms with Gasteiger partial charge in [-0.25, -0.2) is 4.98 Å². The molecule has 3 rings (SSSR count). The van der Waals surface area contributed by atoms with E-state index >= 15 is 0 Å². The molecule has 1 heterocycles. The first-order valence-corrected chi connectivity index (χ1v) is 7.56. The molecule has 0 saturated carbocycles. The number of nitro groups is 1. The Hall–Kier alpha value is -1.99. The summed E-state index contributed by atoms with van der Waals surface area (Å²) in [5.41, 5.74) is 2.15. The minimum absolute atomic E-state index is 0.0312. The number of nitro benzene ring substituents is 1. The van der Waals surface area contributed by atoms with Crippen LogP contribution in [0.2, 0.25) is 0 Å². The van der Waals surface area contributed by atoms with Crippen LogP contribution >= 0.6 is 11.3 Å². The molecule has 2 N–H and O–H groups in total. The third kappa shape index (κ3) is 2.50. The highest BCUT2D eigenvalue weighted by atomic mass is 32.1. The van der Waals surface area contributed by atoms with E-state index in [0.29, 0.717) is 11.3 Å². The molecule has 0 bridgehead atoms. The van der Waals surface area contributed by atoms with Gasteiger partial charge in [0.2, 0.25) is 0 Å². The molecule has 0 spiro atoms. The highest BCUT2D eigenvalue weighted by Gasteiger charge is 2.24. The number of aromatic nitrogens is 1. The van der Waals surface area contributed by atoms with Crippen LogP contribution in [0.4, 0.5) is 11.4 Å². The minimum atomic E-state index is -0.452. The summed E-state index contributed by atoms with van der Waals surface area (Å²) in [6, 6.07) is 5.03. The first kappa shape index (κ1) is 14.0. The minimum Gasteiger partial charge on any atom is -0.388 e. The molecular weight excluding hydrogens is 290 g/mol. The van der Waals surface area contributed by atoms with Crippen molar-refractivity contribution in [2.45, 2.75) is 25.4 Å². The summed E-state index contributed by atoms with van der Waals surface area (Å²) < 4.78 is 0. The number of aliphatic hydroxyl groups excluding tert-OH is 1. The van der Waals surface area contributed by atoms with Gasteiger partial charge in [-0.2, -0.15) is 0 Å². The standard InChI is InChI=1S/C14H15N3O3S/c1-15-9-6-5-8(7-11(9)17(19)20)14-16-10-3-2-4-12(18)13(10)21-14/h5-7,12,15,18H,2-4H2,1H3. The summed E-state index contributed by atoms with van der Waals surface area (Å²) in [5, 5.41) is 24.7. The van der Waals surface area contributed by atoms with E-state index < -0.39 is 11.0 Å². The number of nitrogens with zero attached hydrogens (tertiary/aromatic N) is 2. The van der Waals surface area contributed by atoms with Crippen molar-refractivity contribution in [3.05, 3.63) is 38.9 Å². The average Bonchev–Trinajstić information content (AvgIpc) is 2.92. The molecule has 1 atom stereocenters. The predicted octanol–water partition coefficient (Wildman–Crippen LogP) is 3.13. The van der Waals surface area contributed by atoms with Gasteiger partial charge in [-0.15, -0.1) is 11.3 Å². The maximum Gasteiger partial charge on any atom is 0.293 e. The zero-order chi connectivity index (χ0) is 15.0. The normalized spacial score (nSPS) is 17.3. The van der Waals surface area contributed by atoms with E-state index in [9.17, 15) is 15.2 Å². The number of aryl methyl sites for hydroxylation is 1. The summed E-state index contributed by atoms with van der Waals surface area (Å²) in [5.74, 6) is 0. The van der Waals surface area contributed by atoms with Crippen LogP contribution < -0.4 is 5.32 Å². The fourth-order valence-electron chi connectivity index (χ4n) is 2.55. The van der Waals surface area contributed by atoms with Gasteiger partial charge in [0.1, 0.15) is 10.7 Å². The lowest BCUT2D eigenvalue weighted by Crippen LogP contribution is -2.06. The van der Waals surface area contributed by atoms with E-state index in [1.54, 1.807) is 13.1 Å². The summed E-state index contributed by atoms with van der Waals surface area (Å²) in [6.45, 7) is 0. The molecule has 0 fully saturated rings. The number of anilines is 1. The first-order valence-electron chi connectivity index (χ1n) is 6.74. The molecule has 110 valence electrons. The summed E-state index contributed by atoms with van der Waals surface area (Å²) in [7, 11) is 1.65. The quantitative estimate of drug-likeness (QED) is 0.672. The van der Waals surface area contributed by atoms with Crippen LogP contribution in [0.25, 0.3) is 10.6 Å². The molecule has 2 aromatic rings. The second-order valence-electron chi connectivity index (χ2n) is 4.98. The number of rotatable bonds is 3. The zero-order valence-corrected chi connectivity index (χ0v) is 12.3. The highest BCUT2D eigenvalue weighted by molar-refractivity contribution is 7.15. The molecule has 0 aliphatic heterocycles. The van der Waals surface area contributed by atoms with Crippen molar-refractivity contribution in [3.8, 4) is 10.6 Å². The monoisotopic (exact) mass is 305 g/mol. The predicted molar refractivity (Wildman–Crippen MR) is 81.6 cm³/mol. The number of benzene rings is 1. The smallest absolute Gasteiger partial charge is 0.293 e. The lowest BCUT2D eigenvalue weighted by atomic mass is 10.0. The molecule has 21 heavy (non-hydrogen) atoms. The number of fused-ring (bicyclic) bond motifs is 1. The van der Waals surface area contributed by atoms with Crippen LogP contribution in [0.5, 0.6) is 0 Å². The third-order valence-electron chi connectivity index (χ3n) is 3.63. The summed E-state index contributed by atoms with van der Waals surface area (Å²) in [4.78, 5) is 16.2. The van der Waals surface area contributed by atoms with Crippen LogP contribution in [0.3, 0.4) is 0 Å². The van der Waals surface area contributed by atoms with Crippen molar-refractivity contribution in [1.82, 2.24) is 4.98 Å². The number of thiazole rings is 1. The van der Waals surface area contributed by atoms with Gasteiger partial charge >= 0.3 is 0 Å². The lowest BCUT2D eigenvalue weighted by molar-refractivity contribution is -0.383. The van der Waals surface area contributed by atoms with Gasteiger partial charge in [-0.1, -0.05) is 0 Å². The topological polar surface area (TPSA) is 88.3 Å². The first-order chi connectivity index (χ1) is 10.1. The van der Waals surface area contributed by atoms with Crippen molar-refractivity contribution >= 4 is 22.7 Å². The maximum absolute atomic E-state index is 11.1. The van der Waals surface area contributed by atoms with Gasteiger partial charge in [-0.05, 0) is 31.4 Å². The Morgan fingerprint density at radius 1 is 1.52 bits per heavy atom. The number of hydrogen-bond acceptors (Lipinski definition) is 6. The Morgan fingerprint density at radius 3 is 3.00 bits per heavy atom. The number of aliphatic hydroxyl groups is 1. The van der Waals surface area contributed by atoms with Crippen molar-refractivity contribution < 1.29 is 10.0 Å². The molecule has 0 amide bonds. The van der Waals surface area contributed by atoms with Crippen LogP contribution in [0, 0.1) is 10.1 Å². The summed E-state index contributed by atoms with van der Waals surface area (Å²) in [6.07, 6.45) is 2.09. The fourth-order valence-corrected chi connectivity index (χ4v) is 3.68. The molecule has 1 aromatic heterocycles. The Kier molecular flexibility index (Phi) is 3.60. The zero-order valence-electron chi connectivity index (χ0n) is 11.5. The van der Waals surface area contributed by atoms with Gasteiger partial charge in [0, 0.05) is 18.7 Å². The van der Waals surface area contributed by atoms with Crippen molar-refractivity contribution in [2.24, 2.45) is 0 Å². The molecule has 1 aliphatic carbocycles. The van der Waals surface area contributed by atoms with Crippen LogP contribution in [0.15, 0.2) is 18.2 Å². The van der Waals surface area contributed by atoms with Gasteiger partial charge < -0.3 is 10.4 Å². The molecule has 1 aromatic carbocycles. The van der Waals surface area contributed by atoms with E-state index in [1.165, 1.54) is 17.4 Å². The van der Waals surface area contributed by atoms with E-state index in [2.05, 4.69) is 10.3 Å². The van der Waals surface area contributed by atoms with Crippen LogP contribution in [-0.4, -0.2) is 22.1 Å². The van der Waals surface area contributed by atoms with E-state index in [-0.39, 0.29) is 5.69 Å². The van der Waals surface area contributed by atoms with E-state index in [1.807, 2.05) is 6.07 Å². The third-order valence-corrected chi connectivity index (χ3v) is 4.88. The molecule has 1 unspecified atom stereocenters. The SMILES string of the molecule is CNc1ccc(-c2nc3c(s2)C(O)CCC3)cc1[N+](=O)[O-]. The second-order valence-corrected chi connectivity index (χ2v) is 6.01. The Balaban J connectivity index is 2.05. The van der Waals surface area contributed by atoms with Gasteiger partial charge in [0.05, 0.1) is 21.6 Å². The Bertz CT molecular complexity index is 699. The lowest BCUT2D eigenvalue weighted by Gasteiger charge is -2.14. The Labute approximate surface area is 125 Å². The van der Waals surface area contributed by atoms with Crippen molar-refractivity contribution in [3.63, 3.8) is 0 Å². The van der Waals surface area contributed by atoms with Crippen LogP contribution in [0.1, 0.15) is 29.5 Å². The molecular formula is C14H15N3O3S. The van der Waals surface area contributed by atoms with Crippen molar-refractivity contribution in [2.75, 3.05) is 12.4 Å². The van der Waals surface area contributed by atoms with Gasteiger partial charge in [-0.3, -0.25) is 10.1 Å². The average molecular weight is 305 g/mol. The van der Waals surface area contributed by atoms with E-state index in [4.69, 9.17) is 0 Å².